The molecule has 7 heteroatoms. The third-order valence-corrected chi connectivity index (χ3v) is 2.78. The Kier molecular flexibility index (Phi) is 3.20. The van der Waals surface area contributed by atoms with Crippen LogP contribution >= 0.6 is 11.8 Å². The van der Waals surface area contributed by atoms with Gasteiger partial charge in [-0.15, -0.1) is 0 Å². The predicted octanol–water partition coefficient (Wildman–Crippen LogP) is 0.704. The molecule has 17 heavy (non-hydrogen) atoms. The van der Waals surface area contributed by atoms with Crippen molar-refractivity contribution in [3.8, 4) is 0 Å². The first kappa shape index (κ1) is 11.3. The second-order valence-electron chi connectivity index (χ2n) is 3.12. The molecular weight excluding hydrogens is 238 g/mol. The molecule has 2 aromatic rings. The number of primary amides is 1. The average molecular weight is 247 g/mol. The Labute approximate surface area is 101 Å². The monoisotopic (exact) mass is 247 g/mol. The van der Waals surface area contributed by atoms with Crippen molar-refractivity contribution >= 4 is 23.4 Å². The summed E-state index contributed by atoms with van der Waals surface area (Å²) in [6, 6.07) is 3.19. The molecule has 2 heterocycles. The van der Waals surface area contributed by atoms with Gasteiger partial charge in [0.1, 0.15) is 5.03 Å². The van der Waals surface area contributed by atoms with Crippen molar-refractivity contribution in [2.75, 3.05) is 5.73 Å². The summed E-state index contributed by atoms with van der Waals surface area (Å²) in [5.41, 5.74) is 11.4. The van der Waals surface area contributed by atoms with Gasteiger partial charge in [0, 0.05) is 12.4 Å². The smallest absolute Gasteiger partial charge is 0.251 e. The van der Waals surface area contributed by atoms with Crippen LogP contribution in [0.4, 0.5) is 5.69 Å². The third-order valence-electron chi connectivity index (χ3n) is 1.87. The number of nitrogen functional groups attached to an aromatic ring is 1. The lowest BCUT2D eigenvalue weighted by Crippen LogP contribution is -2.13. The second-order valence-corrected chi connectivity index (χ2v) is 4.08. The summed E-state index contributed by atoms with van der Waals surface area (Å²) < 4.78 is 0. The lowest BCUT2D eigenvalue weighted by atomic mass is 10.2. The summed E-state index contributed by atoms with van der Waals surface area (Å²) >= 11 is 1.16. The number of pyridine rings is 1. The lowest BCUT2D eigenvalue weighted by Gasteiger charge is -2.04. The van der Waals surface area contributed by atoms with E-state index in [-0.39, 0.29) is 5.56 Å². The molecule has 0 saturated carbocycles. The van der Waals surface area contributed by atoms with Crippen molar-refractivity contribution in [3.05, 3.63) is 36.3 Å². The number of aromatic nitrogens is 3. The summed E-state index contributed by atoms with van der Waals surface area (Å²) in [7, 11) is 0. The first-order valence-corrected chi connectivity index (χ1v) is 5.48. The zero-order valence-electron chi connectivity index (χ0n) is 8.70. The van der Waals surface area contributed by atoms with E-state index in [1.54, 1.807) is 18.5 Å². The third kappa shape index (κ3) is 2.70. The molecule has 1 amide bonds. The molecule has 0 bridgehead atoms. The number of amides is 1. The first-order valence-electron chi connectivity index (χ1n) is 4.67. The van der Waals surface area contributed by atoms with Crippen LogP contribution in [0, 0.1) is 0 Å². The molecule has 0 unspecified atom stereocenters. The Hall–Kier alpha value is -2.15. The number of rotatable bonds is 3. The van der Waals surface area contributed by atoms with Gasteiger partial charge in [-0.2, -0.15) is 0 Å². The van der Waals surface area contributed by atoms with Crippen LogP contribution in [0.25, 0.3) is 0 Å². The Morgan fingerprint density at radius 1 is 1.24 bits per heavy atom. The minimum atomic E-state index is -0.580. The Morgan fingerprint density at radius 2 is 1.94 bits per heavy atom. The molecule has 4 N–H and O–H groups in total. The summed E-state index contributed by atoms with van der Waals surface area (Å²) in [6.07, 6.45) is 4.67. The van der Waals surface area contributed by atoms with Gasteiger partial charge in [0.15, 0.2) is 5.16 Å². The van der Waals surface area contributed by atoms with E-state index in [0.717, 1.165) is 11.8 Å². The molecule has 2 rings (SSSR count). The highest BCUT2D eigenvalue weighted by Crippen LogP contribution is 2.26. The largest absolute Gasteiger partial charge is 0.397 e. The number of carbonyl (C=O) groups excluding carboxylic acids is 1. The maximum absolute atomic E-state index is 11.2. The SMILES string of the molecule is NC(=O)c1cc(N)cnc1Sc1ncccn1. The number of anilines is 1. The molecule has 0 aliphatic carbocycles. The summed E-state index contributed by atoms with van der Waals surface area (Å²) in [5.74, 6) is -0.580. The van der Waals surface area contributed by atoms with Crippen molar-refractivity contribution in [1.29, 1.82) is 0 Å². The number of hydrogen-bond donors (Lipinski definition) is 2. The Bertz CT molecular complexity index is 546. The summed E-state index contributed by atoms with van der Waals surface area (Å²) in [6.45, 7) is 0. The molecule has 0 aliphatic rings. The van der Waals surface area contributed by atoms with E-state index in [9.17, 15) is 4.79 Å². The van der Waals surface area contributed by atoms with Gasteiger partial charge < -0.3 is 11.5 Å². The van der Waals surface area contributed by atoms with E-state index in [1.165, 1.54) is 12.3 Å². The highest BCUT2D eigenvalue weighted by molar-refractivity contribution is 7.99. The van der Waals surface area contributed by atoms with Crippen molar-refractivity contribution in [2.45, 2.75) is 10.2 Å². The second kappa shape index (κ2) is 4.79. The average Bonchev–Trinajstić information content (AvgIpc) is 2.32. The summed E-state index contributed by atoms with van der Waals surface area (Å²) in [4.78, 5) is 23.3. The number of carbonyl (C=O) groups is 1. The van der Waals surface area contributed by atoms with Gasteiger partial charge in [-0.25, -0.2) is 15.0 Å². The molecular formula is C10H9N5OS. The molecule has 0 spiro atoms. The fourth-order valence-corrected chi connectivity index (χ4v) is 1.93. The fourth-order valence-electron chi connectivity index (χ4n) is 1.15. The van der Waals surface area contributed by atoms with Crippen LogP contribution in [0.3, 0.4) is 0 Å². The standard InChI is InChI=1S/C10H9N5OS/c11-6-4-7(8(12)16)9(15-5-6)17-10-13-2-1-3-14-10/h1-5H,11H2,(H2,12,16). The van der Waals surface area contributed by atoms with Gasteiger partial charge in [0.2, 0.25) is 0 Å². The van der Waals surface area contributed by atoms with E-state index in [1.807, 2.05) is 0 Å². The van der Waals surface area contributed by atoms with Gasteiger partial charge in [0.25, 0.3) is 5.91 Å². The van der Waals surface area contributed by atoms with Crippen LogP contribution in [0.2, 0.25) is 0 Å². The van der Waals surface area contributed by atoms with E-state index < -0.39 is 5.91 Å². The maximum Gasteiger partial charge on any atom is 0.251 e. The van der Waals surface area contributed by atoms with Crippen molar-refractivity contribution in [3.63, 3.8) is 0 Å². The number of nitrogens with two attached hydrogens (primary N) is 2. The number of nitrogens with zero attached hydrogens (tertiary/aromatic N) is 3. The van der Waals surface area contributed by atoms with E-state index in [0.29, 0.717) is 15.9 Å². The minimum Gasteiger partial charge on any atom is -0.397 e. The molecule has 0 saturated heterocycles. The van der Waals surface area contributed by atoms with Crippen LogP contribution in [-0.4, -0.2) is 20.9 Å². The lowest BCUT2D eigenvalue weighted by molar-refractivity contribution is 0.0997. The topological polar surface area (TPSA) is 108 Å². The van der Waals surface area contributed by atoms with E-state index in [2.05, 4.69) is 15.0 Å². The van der Waals surface area contributed by atoms with Gasteiger partial charge in [0.05, 0.1) is 17.4 Å². The molecule has 6 nitrogen and oxygen atoms in total. The van der Waals surface area contributed by atoms with Crippen LogP contribution < -0.4 is 11.5 Å². The van der Waals surface area contributed by atoms with Crippen LogP contribution in [-0.2, 0) is 0 Å². The Morgan fingerprint density at radius 3 is 2.59 bits per heavy atom. The van der Waals surface area contributed by atoms with Crippen molar-refractivity contribution in [2.24, 2.45) is 5.73 Å². The van der Waals surface area contributed by atoms with Crippen LogP contribution in [0.1, 0.15) is 10.4 Å². The molecule has 0 fully saturated rings. The summed E-state index contributed by atoms with van der Waals surface area (Å²) in [5, 5.41) is 0.935. The van der Waals surface area contributed by atoms with Crippen molar-refractivity contribution in [1.82, 2.24) is 15.0 Å². The fraction of sp³-hybridized carbons (Fsp3) is 0. The van der Waals surface area contributed by atoms with Gasteiger partial charge in [-0.1, -0.05) is 0 Å². The molecule has 0 radical (unpaired) electrons. The molecule has 86 valence electrons. The molecule has 0 aliphatic heterocycles. The van der Waals surface area contributed by atoms with Gasteiger partial charge >= 0.3 is 0 Å². The Balaban J connectivity index is 2.36. The normalized spacial score (nSPS) is 10.1. The minimum absolute atomic E-state index is 0.266. The van der Waals surface area contributed by atoms with Crippen LogP contribution in [0.5, 0.6) is 0 Å². The highest BCUT2D eigenvalue weighted by Gasteiger charge is 2.12. The number of hydrogen-bond acceptors (Lipinski definition) is 6. The van der Waals surface area contributed by atoms with Gasteiger partial charge in [-0.3, -0.25) is 4.79 Å². The zero-order chi connectivity index (χ0) is 12.3. The molecule has 0 atom stereocenters. The molecule has 2 aromatic heterocycles. The zero-order valence-corrected chi connectivity index (χ0v) is 9.52. The quantitative estimate of drug-likeness (QED) is 0.773. The van der Waals surface area contributed by atoms with E-state index >= 15 is 0 Å². The maximum atomic E-state index is 11.2. The van der Waals surface area contributed by atoms with E-state index in [4.69, 9.17) is 11.5 Å². The van der Waals surface area contributed by atoms with Gasteiger partial charge in [-0.05, 0) is 23.9 Å². The van der Waals surface area contributed by atoms with Crippen molar-refractivity contribution < 1.29 is 4.79 Å². The molecule has 0 aromatic carbocycles. The van der Waals surface area contributed by atoms with Crippen LogP contribution in [0.15, 0.2) is 40.9 Å². The highest BCUT2D eigenvalue weighted by atomic mass is 32.2. The predicted molar refractivity (Wildman–Crippen MR) is 63.3 cm³/mol. The first-order chi connectivity index (χ1) is 8.16.